The fourth-order valence-electron chi connectivity index (χ4n) is 1.41. The van der Waals surface area contributed by atoms with Crippen LogP contribution >= 0.6 is 22.0 Å². The van der Waals surface area contributed by atoms with Gasteiger partial charge in [-0.2, -0.15) is 0 Å². The van der Waals surface area contributed by atoms with Crippen LogP contribution in [0.1, 0.15) is 12.8 Å². The Morgan fingerprint density at radius 2 is 2.29 bits per heavy atom. The lowest BCUT2D eigenvalue weighted by Crippen LogP contribution is -2.27. The summed E-state index contributed by atoms with van der Waals surface area (Å²) in [6.07, 6.45) is 8.63. The molecule has 0 amide bonds. The van der Waals surface area contributed by atoms with Crippen LogP contribution in [0.3, 0.4) is 0 Å². The van der Waals surface area contributed by atoms with E-state index >= 15 is 0 Å². The molecule has 0 saturated heterocycles. The van der Waals surface area contributed by atoms with Crippen molar-refractivity contribution < 1.29 is 0 Å². The molecule has 0 spiro atoms. The predicted octanol–water partition coefficient (Wildman–Crippen LogP) is 2.21. The van der Waals surface area contributed by atoms with Crippen LogP contribution in [0.25, 0.3) is 22.6 Å². The minimum Gasteiger partial charge on any atom is -0.282 e. The molecule has 0 fully saturated rings. The molecule has 0 aliphatic heterocycles. The zero-order valence-corrected chi connectivity index (χ0v) is 8.96. The Labute approximate surface area is 89.0 Å². The molecule has 4 nitrogen and oxygen atoms in total. The van der Waals surface area contributed by atoms with Crippen molar-refractivity contribution in [2.45, 2.75) is 12.8 Å². The van der Waals surface area contributed by atoms with Crippen LogP contribution in [0.5, 0.6) is 0 Å². The van der Waals surface area contributed by atoms with Gasteiger partial charge in [0, 0.05) is 33.1 Å². The lowest BCUT2D eigenvalue weighted by Gasteiger charge is -2.00. The van der Waals surface area contributed by atoms with Gasteiger partial charge in [0.2, 0.25) is 0 Å². The van der Waals surface area contributed by atoms with Gasteiger partial charge in [0.05, 0.1) is 5.35 Å². The first kappa shape index (κ1) is 9.58. The summed E-state index contributed by atoms with van der Waals surface area (Å²) in [6.45, 7) is 0. The molecule has 0 aromatic carbocycles. The molecule has 1 aromatic heterocycles. The lowest BCUT2D eigenvalue weighted by molar-refractivity contribution is 1.09. The molecule has 0 saturated carbocycles. The number of rotatable bonds is 3. The van der Waals surface area contributed by atoms with Gasteiger partial charge in [-0.15, -0.1) is 0 Å². The monoisotopic (exact) mass is 224 g/mol. The van der Waals surface area contributed by atoms with E-state index in [-0.39, 0.29) is 0 Å². The summed E-state index contributed by atoms with van der Waals surface area (Å²) >= 11 is 0. The minimum absolute atomic E-state index is 1.09. The molecule has 72 valence electrons. The van der Waals surface area contributed by atoms with Crippen molar-refractivity contribution in [3.8, 4) is 0 Å². The van der Waals surface area contributed by atoms with Gasteiger partial charge in [0.1, 0.15) is 0 Å². The average molecular weight is 224 g/mol. The van der Waals surface area contributed by atoms with Gasteiger partial charge in [0.15, 0.2) is 0 Å². The second kappa shape index (κ2) is 4.50. The van der Waals surface area contributed by atoms with Crippen LogP contribution in [-0.4, -0.2) is 3.97 Å². The molecule has 6 heteroatoms. The lowest BCUT2D eigenvalue weighted by atomic mass is 10.2. The van der Waals surface area contributed by atoms with E-state index in [1.54, 1.807) is 0 Å². The molecule has 1 aliphatic rings. The fraction of sp³-hybridized carbons (Fsp3) is 0.250. The molecule has 0 radical (unpaired) electrons. The van der Waals surface area contributed by atoms with Gasteiger partial charge in [-0.1, -0.05) is 12.2 Å². The quantitative estimate of drug-likeness (QED) is 0.260. The van der Waals surface area contributed by atoms with E-state index in [0.717, 1.165) is 23.8 Å². The standard InChI is InChI=1S/C8H8N4S2/c9-10-11-13-14-12-6-5-7-3-1-2-4-8(7)12/h3-6H,1-2H2. The summed E-state index contributed by atoms with van der Waals surface area (Å²) in [4.78, 5) is 2.68. The van der Waals surface area contributed by atoms with Crippen LogP contribution in [0, 0.1) is 0 Å². The first-order chi connectivity index (χ1) is 6.92. The Kier molecular flexibility index (Phi) is 3.08. The van der Waals surface area contributed by atoms with E-state index in [0.29, 0.717) is 0 Å². The third-order valence-corrected chi connectivity index (χ3v) is 3.54. The van der Waals surface area contributed by atoms with E-state index in [4.69, 9.17) is 5.53 Å². The molecular weight excluding hydrogens is 216 g/mol. The van der Waals surface area contributed by atoms with E-state index in [1.165, 1.54) is 21.5 Å². The maximum absolute atomic E-state index is 8.13. The van der Waals surface area contributed by atoms with Crippen molar-refractivity contribution in [3.63, 3.8) is 0 Å². The normalized spacial score (nSPS) is 13.4. The van der Waals surface area contributed by atoms with Crippen LogP contribution < -0.4 is 10.6 Å². The van der Waals surface area contributed by atoms with E-state index in [1.807, 2.05) is 10.2 Å². The fourth-order valence-corrected chi connectivity index (χ4v) is 2.70. The number of aromatic nitrogens is 1. The average Bonchev–Trinajstić information content (AvgIpc) is 2.63. The second-order valence-electron chi connectivity index (χ2n) is 2.79. The first-order valence-electron chi connectivity index (χ1n) is 4.18. The molecule has 14 heavy (non-hydrogen) atoms. The Bertz CT molecular complexity index is 484. The smallest absolute Gasteiger partial charge is 0.0556 e. The molecule has 1 aliphatic carbocycles. The van der Waals surface area contributed by atoms with Crippen LogP contribution in [-0.2, 0) is 0 Å². The molecular formula is C8H8N4S2. The highest BCUT2D eigenvalue weighted by Crippen LogP contribution is 2.22. The van der Waals surface area contributed by atoms with Crippen molar-refractivity contribution >= 4 is 34.1 Å². The van der Waals surface area contributed by atoms with E-state index < -0.39 is 0 Å². The summed E-state index contributed by atoms with van der Waals surface area (Å²) in [6, 6.07) is 2.08. The van der Waals surface area contributed by atoms with Crippen LogP contribution in [0.4, 0.5) is 0 Å². The Morgan fingerprint density at radius 1 is 1.43 bits per heavy atom. The largest absolute Gasteiger partial charge is 0.282 e. The highest BCUT2D eigenvalue weighted by molar-refractivity contribution is 8.75. The van der Waals surface area contributed by atoms with Crippen molar-refractivity contribution in [3.05, 3.63) is 33.3 Å². The zero-order chi connectivity index (χ0) is 9.80. The van der Waals surface area contributed by atoms with E-state index in [2.05, 4.69) is 27.6 Å². The maximum atomic E-state index is 8.13. The summed E-state index contributed by atoms with van der Waals surface area (Å²) < 4.78 is 5.43. The Balaban J connectivity index is 2.28. The van der Waals surface area contributed by atoms with Crippen molar-refractivity contribution in [2.75, 3.05) is 0 Å². The van der Waals surface area contributed by atoms with Crippen LogP contribution in [0.2, 0.25) is 0 Å². The highest BCUT2D eigenvalue weighted by atomic mass is 33.1. The van der Waals surface area contributed by atoms with Crippen LogP contribution in [0.15, 0.2) is 16.8 Å². The summed E-state index contributed by atoms with van der Waals surface area (Å²) in [5.74, 6) is 0. The number of fused-ring (bicyclic) bond motifs is 1. The molecule has 1 heterocycles. The van der Waals surface area contributed by atoms with Gasteiger partial charge in [-0.3, -0.25) is 3.97 Å². The summed E-state index contributed by atoms with van der Waals surface area (Å²) in [5.41, 5.74) is 8.13. The topological polar surface area (TPSA) is 53.7 Å². The highest BCUT2D eigenvalue weighted by Gasteiger charge is 1.99. The molecule has 0 unspecified atom stereocenters. The minimum atomic E-state index is 1.09. The van der Waals surface area contributed by atoms with Gasteiger partial charge in [0.25, 0.3) is 0 Å². The number of azide groups is 1. The number of hydrogen-bond donors (Lipinski definition) is 0. The zero-order valence-electron chi connectivity index (χ0n) is 7.33. The molecule has 2 rings (SSSR count). The van der Waals surface area contributed by atoms with Gasteiger partial charge < -0.3 is 0 Å². The molecule has 0 bridgehead atoms. The second-order valence-corrected chi connectivity index (χ2v) is 4.54. The first-order valence-corrected chi connectivity index (χ1v) is 6.24. The van der Waals surface area contributed by atoms with Crippen molar-refractivity contribution in [1.29, 1.82) is 0 Å². The van der Waals surface area contributed by atoms with Gasteiger partial charge in [-0.05, 0) is 34.2 Å². The number of nitrogens with zero attached hydrogens (tertiary/aromatic N) is 4. The predicted molar refractivity (Wildman–Crippen MR) is 61.6 cm³/mol. The Morgan fingerprint density at radius 3 is 3.14 bits per heavy atom. The van der Waals surface area contributed by atoms with Gasteiger partial charge >= 0.3 is 0 Å². The molecule has 0 atom stereocenters. The molecule has 0 N–H and O–H groups in total. The van der Waals surface area contributed by atoms with Gasteiger partial charge in [-0.25, -0.2) is 0 Å². The SMILES string of the molecule is [N-]=[N+]=NSSn1ccc2c1=CCCC=2. The molecule has 1 aromatic rings. The number of hydrogen-bond acceptors (Lipinski definition) is 3. The van der Waals surface area contributed by atoms with Crippen molar-refractivity contribution in [2.24, 2.45) is 4.52 Å². The summed E-state index contributed by atoms with van der Waals surface area (Å²) in [7, 11) is 2.57. The van der Waals surface area contributed by atoms with E-state index in [9.17, 15) is 0 Å². The maximum Gasteiger partial charge on any atom is 0.0556 e. The third kappa shape index (κ3) is 1.92. The summed E-state index contributed by atoms with van der Waals surface area (Å²) in [5, 5.41) is 2.48. The van der Waals surface area contributed by atoms with Crippen molar-refractivity contribution in [1.82, 2.24) is 3.97 Å². The Hall–Kier alpha value is -0.970. The third-order valence-electron chi connectivity index (χ3n) is 1.97.